The van der Waals surface area contributed by atoms with Gasteiger partial charge in [-0.2, -0.15) is 0 Å². The average Bonchev–Trinajstić information content (AvgIpc) is 2.25. The van der Waals surface area contributed by atoms with Crippen molar-refractivity contribution in [3.63, 3.8) is 0 Å². The van der Waals surface area contributed by atoms with Gasteiger partial charge in [-0.25, -0.2) is 4.98 Å². The van der Waals surface area contributed by atoms with Crippen LogP contribution in [0.4, 0.5) is 5.82 Å². The first kappa shape index (κ1) is 13.2. The average molecular weight is 237 g/mol. The van der Waals surface area contributed by atoms with Gasteiger partial charge < -0.3 is 15.2 Å². The van der Waals surface area contributed by atoms with Gasteiger partial charge in [-0.3, -0.25) is 10.2 Å². The van der Waals surface area contributed by atoms with E-state index in [1.807, 2.05) is 13.8 Å². The molecule has 1 aromatic rings. The molecule has 1 heterocycles. The lowest BCUT2D eigenvalue weighted by molar-refractivity contribution is 0.572. The summed E-state index contributed by atoms with van der Waals surface area (Å²) in [6.07, 6.45) is 3.71. The smallest absolute Gasteiger partial charge is 0.293 e. The zero-order valence-corrected chi connectivity index (χ0v) is 10.5. The fourth-order valence-corrected chi connectivity index (χ4v) is 1.48. The monoisotopic (exact) mass is 237 g/mol. The van der Waals surface area contributed by atoms with Crippen LogP contribution in [0.1, 0.15) is 26.3 Å². The molecule has 0 spiro atoms. The summed E-state index contributed by atoms with van der Waals surface area (Å²) >= 11 is 0. The van der Waals surface area contributed by atoms with Crippen LogP contribution in [0, 0.1) is 5.41 Å². The number of nitrogens with two attached hydrogens (primary N) is 1. The minimum Gasteiger partial charge on any atom is -0.388 e. The van der Waals surface area contributed by atoms with Gasteiger partial charge >= 0.3 is 0 Å². The Bertz CT molecular complexity index is 451. The molecule has 0 bridgehead atoms. The molecule has 0 aliphatic carbocycles. The summed E-state index contributed by atoms with van der Waals surface area (Å²) in [5.41, 5.74) is 5.17. The minimum atomic E-state index is -0.117. The molecular formula is C11H19N5O. The molecule has 3 N–H and O–H groups in total. The van der Waals surface area contributed by atoms with Gasteiger partial charge in [0.25, 0.3) is 5.56 Å². The van der Waals surface area contributed by atoms with E-state index in [2.05, 4.69) is 4.98 Å². The summed E-state index contributed by atoms with van der Waals surface area (Å²) in [6.45, 7) is 4.40. The summed E-state index contributed by atoms with van der Waals surface area (Å²) in [6, 6.07) is 0.102. The maximum Gasteiger partial charge on any atom is 0.293 e. The number of nitrogens with one attached hydrogen (secondary N) is 1. The molecule has 6 nitrogen and oxygen atoms in total. The first-order valence-corrected chi connectivity index (χ1v) is 5.54. The van der Waals surface area contributed by atoms with E-state index in [1.165, 1.54) is 0 Å². The van der Waals surface area contributed by atoms with E-state index >= 15 is 0 Å². The van der Waals surface area contributed by atoms with Crippen LogP contribution >= 0.6 is 0 Å². The quantitative estimate of drug-likeness (QED) is 0.579. The molecule has 94 valence electrons. The fraction of sp³-hybridized carbons (Fsp3) is 0.545. The molecule has 1 aromatic heterocycles. The highest BCUT2D eigenvalue weighted by Gasteiger charge is 2.11. The van der Waals surface area contributed by atoms with Gasteiger partial charge in [0.2, 0.25) is 0 Å². The number of amidine groups is 1. The van der Waals surface area contributed by atoms with Crippen molar-refractivity contribution in [3.8, 4) is 0 Å². The largest absolute Gasteiger partial charge is 0.388 e. The highest BCUT2D eigenvalue weighted by molar-refractivity contribution is 5.77. The second-order valence-electron chi connectivity index (χ2n) is 4.25. The van der Waals surface area contributed by atoms with Crippen LogP contribution in [0.3, 0.4) is 0 Å². The Morgan fingerprint density at radius 1 is 1.65 bits per heavy atom. The summed E-state index contributed by atoms with van der Waals surface area (Å²) in [5, 5.41) is 7.16. The molecule has 0 saturated heterocycles. The number of nitrogens with zero attached hydrogens (tertiary/aromatic N) is 3. The lowest BCUT2D eigenvalue weighted by Crippen LogP contribution is -2.33. The lowest BCUT2D eigenvalue weighted by atomic mass is 10.3. The Morgan fingerprint density at radius 2 is 2.29 bits per heavy atom. The summed E-state index contributed by atoms with van der Waals surface area (Å²) in [5.74, 6) is 0.499. The van der Waals surface area contributed by atoms with E-state index < -0.39 is 0 Å². The zero-order chi connectivity index (χ0) is 13.0. The summed E-state index contributed by atoms with van der Waals surface area (Å²) in [7, 11) is 1.78. The van der Waals surface area contributed by atoms with Crippen LogP contribution in [0.2, 0.25) is 0 Å². The van der Waals surface area contributed by atoms with Crippen molar-refractivity contribution >= 4 is 11.7 Å². The van der Waals surface area contributed by atoms with Crippen LogP contribution in [0.25, 0.3) is 0 Å². The van der Waals surface area contributed by atoms with Crippen LogP contribution < -0.4 is 16.2 Å². The van der Waals surface area contributed by atoms with Gasteiger partial charge in [0, 0.05) is 38.4 Å². The number of hydrogen-bond donors (Lipinski definition) is 2. The second-order valence-corrected chi connectivity index (χ2v) is 4.25. The highest BCUT2D eigenvalue weighted by atomic mass is 16.1. The van der Waals surface area contributed by atoms with Crippen molar-refractivity contribution < 1.29 is 0 Å². The van der Waals surface area contributed by atoms with E-state index in [9.17, 15) is 4.79 Å². The van der Waals surface area contributed by atoms with Crippen LogP contribution in [0.5, 0.6) is 0 Å². The third-order valence-corrected chi connectivity index (χ3v) is 2.48. The van der Waals surface area contributed by atoms with Gasteiger partial charge in [-0.1, -0.05) is 0 Å². The van der Waals surface area contributed by atoms with Crippen molar-refractivity contribution in [2.45, 2.75) is 26.3 Å². The standard InChI is InChI=1S/C11H19N5O/c1-8(2)16-7-5-14-10(11(16)17)15(3)6-4-9(12)13/h5,7-8H,4,6H2,1-3H3,(H3,12,13). The molecular weight excluding hydrogens is 218 g/mol. The first-order valence-electron chi connectivity index (χ1n) is 5.54. The molecule has 0 amide bonds. The normalized spacial score (nSPS) is 10.6. The number of hydrogen-bond acceptors (Lipinski definition) is 4. The maximum absolute atomic E-state index is 12.1. The molecule has 0 radical (unpaired) electrons. The van der Waals surface area contributed by atoms with Gasteiger partial charge in [0.05, 0.1) is 5.84 Å². The molecule has 0 atom stereocenters. The third kappa shape index (κ3) is 3.30. The van der Waals surface area contributed by atoms with E-state index in [-0.39, 0.29) is 17.4 Å². The SMILES string of the molecule is CC(C)n1ccnc(N(C)CCC(=N)N)c1=O. The van der Waals surface area contributed by atoms with Crippen molar-refractivity contribution in [1.29, 1.82) is 5.41 Å². The molecule has 0 aromatic carbocycles. The lowest BCUT2D eigenvalue weighted by Gasteiger charge is -2.19. The molecule has 0 saturated carbocycles. The van der Waals surface area contributed by atoms with Crippen molar-refractivity contribution in [2.24, 2.45) is 5.73 Å². The molecule has 17 heavy (non-hydrogen) atoms. The molecule has 0 unspecified atom stereocenters. The number of anilines is 1. The highest BCUT2D eigenvalue weighted by Crippen LogP contribution is 2.05. The van der Waals surface area contributed by atoms with E-state index in [4.69, 9.17) is 11.1 Å². The third-order valence-electron chi connectivity index (χ3n) is 2.48. The van der Waals surface area contributed by atoms with Gasteiger partial charge in [0.15, 0.2) is 5.82 Å². The topological polar surface area (TPSA) is 88.0 Å². The zero-order valence-electron chi connectivity index (χ0n) is 10.5. The Kier molecular flexibility index (Phi) is 4.25. The molecule has 0 fully saturated rings. The van der Waals surface area contributed by atoms with Gasteiger partial charge in [-0.15, -0.1) is 0 Å². The van der Waals surface area contributed by atoms with Gasteiger partial charge in [-0.05, 0) is 13.8 Å². The second kappa shape index (κ2) is 5.47. The first-order chi connectivity index (χ1) is 7.93. The predicted molar refractivity (Wildman–Crippen MR) is 68.7 cm³/mol. The molecule has 6 heteroatoms. The molecule has 0 aliphatic rings. The Balaban J connectivity index is 2.94. The van der Waals surface area contributed by atoms with Crippen molar-refractivity contribution in [3.05, 3.63) is 22.7 Å². The number of aromatic nitrogens is 2. The van der Waals surface area contributed by atoms with Gasteiger partial charge in [0.1, 0.15) is 0 Å². The summed E-state index contributed by atoms with van der Waals surface area (Å²) < 4.78 is 1.63. The summed E-state index contributed by atoms with van der Waals surface area (Å²) in [4.78, 5) is 17.9. The Labute approximate surface area is 101 Å². The van der Waals surface area contributed by atoms with E-state index in [0.29, 0.717) is 18.8 Å². The van der Waals surface area contributed by atoms with Crippen LogP contribution in [-0.2, 0) is 0 Å². The van der Waals surface area contributed by atoms with Crippen LogP contribution in [0.15, 0.2) is 17.2 Å². The van der Waals surface area contributed by atoms with E-state index in [0.717, 1.165) is 0 Å². The predicted octanol–water partition coefficient (Wildman–Crippen LogP) is 0.586. The maximum atomic E-state index is 12.1. The minimum absolute atomic E-state index is 0.102. The van der Waals surface area contributed by atoms with Crippen molar-refractivity contribution in [2.75, 3.05) is 18.5 Å². The van der Waals surface area contributed by atoms with E-state index in [1.54, 1.807) is 28.9 Å². The molecule has 1 rings (SSSR count). The number of rotatable bonds is 5. The molecule has 0 aliphatic heterocycles. The fourth-order valence-electron chi connectivity index (χ4n) is 1.48. The van der Waals surface area contributed by atoms with Crippen molar-refractivity contribution in [1.82, 2.24) is 9.55 Å². The Hall–Kier alpha value is -1.85. The van der Waals surface area contributed by atoms with Crippen LogP contribution in [-0.4, -0.2) is 29.0 Å². The Morgan fingerprint density at radius 3 is 2.82 bits per heavy atom.